The van der Waals surface area contributed by atoms with E-state index in [1.807, 2.05) is 0 Å². The molecular weight excluding hydrogens is 222 g/mol. The lowest BCUT2D eigenvalue weighted by Crippen LogP contribution is -2.50. The number of carbonyl (C=O) groups is 1. The highest BCUT2D eigenvalue weighted by Crippen LogP contribution is 2.06. The van der Waals surface area contributed by atoms with Crippen molar-refractivity contribution in [1.29, 1.82) is 0 Å². The highest BCUT2D eigenvalue weighted by atomic mass is 28.4. The Morgan fingerprint density at radius 2 is 2.19 bits per heavy atom. The molecule has 1 N–H and O–H groups in total. The summed E-state index contributed by atoms with van der Waals surface area (Å²) in [4.78, 5) is 17.6. The van der Waals surface area contributed by atoms with Gasteiger partial charge in [-0.15, -0.1) is 0 Å². The molecule has 6 heteroatoms. The third-order valence-electron chi connectivity index (χ3n) is 2.07. The van der Waals surface area contributed by atoms with Crippen molar-refractivity contribution in [3.05, 3.63) is 0 Å². The average molecular weight is 243 g/mol. The molecule has 1 aliphatic heterocycles. The molecule has 1 rings (SSSR count). The van der Waals surface area contributed by atoms with Gasteiger partial charge in [-0.25, -0.2) is 9.79 Å². The van der Waals surface area contributed by atoms with Crippen LogP contribution in [0.15, 0.2) is 4.99 Å². The van der Waals surface area contributed by atoms with Crippen molar-refractivity contribution in [3.63, 3.8) is 0 Å². The second-order valence-corrected chi connectivity index (χ2v) is 9.30. The summed E-state index contributed by atoms with van der Waals surface area (Å²) >= 11 is 0. The minimum Gasteiger partial charge on any atom is -0.519 e. The molecule has 1 heterocycles. The first-order chi connectivity index (χ1) is 7.42. The Morgan fingerprint density at radius 1 is 1.50 bits per heavy atom. The van der Waals surface area contributed by atoms with Gasteiger partial charge in [-0.2, -0.15) is 0 Å². The van der Waals surface area contributed by atoms with E-state index in [9.17, 15) is 4.79 Å². The number of amidine groups is 1. The molecule has 0 aromatic rings. The first-order valence-electron chi connectivity index (χ1n) is 5.72. The van der Waals surface area contributed by atoms with E-state index in [0.29, 0.717) is 12.7 Å². The number of urea groups is 1. The largest absolute Gasteiger partial charge is 0.519 e. The summed E-state index contributed by atoms with van der Waals surface area (Å²) in [5, 5.41) is 2.68. The zero-order valence-corrected chi connectivity index (χ0v) is 11.5. The minimum atomic E-state index is -1.69. The van der Waals surface area contributed by atoms with Crippen LogP contribution < -0.4 is 5.32 Å². The number of unbranched alkanes of at least 4 members (excludes halogenated alkanes) is 1. The maximum absolute atomic E-state index is 11.7. The fourth-order valence-electron chi connectivity index (χ4n) is 1.29. The van der Waals surface area contributed by atoms with E-state index in [-0.39, 0.29) is 6.03 Å². The molecule has 2 amide bonds. The van der Waals surface area contributed by atoms with Crippen molar-refractivity contribution in [2.45, 2.75) is 39.4 Å². The van der Waals surface area contributed by atoms with Crippen molar-refractivity contribution in [2.75, 3.05) is 13.2 Å². The fraction of sp³-hybridized carbons (Fsp3) is 0.800. The second kappa shape index (κ2) is 5.34. The molecule has 0 saturated heterocycles. The van der Waals surface area contributed by atoms with Crippen LogP contribution in [0.4, 0.5) is 4.79 Å². The Kier molecular flexibility index (Phi) is 4.34. The first-order valence-corrected chi connectivity index (χ1v) is 9.12. The van der Waals surface area contributed by atoms with Crippen molar-refractivity contribution in [2.24, 2.45) is 4.99 Å². The SMILES string of the molecule is CCCCN1CN=C(O[Si](C)(C)C)NC1=O. The Balaban J connectivity index is 2.50. The zero-order chi connectivity index (χ0) is 12.2. The van der Waals surface area contributed by atoms with E-state index in [0.717, 1.165) is 19.4 Å². The lowest BCUT2D eigenvalue weighted by atomic mass is 10.3. The van der Waals surface area contributed by atoms with E-state index in [4.69, 9.17) is 4.43 Å². The monoisotopic (exact) mass is 243 g/mol. The van der Waals surface area contributed by atoms with Crippen LogP contribution in [0, 0.1) is 0 Å². The molecule has 0 aromatic carbocycles. The van der Waals surface area contributed by atoms with Crippen LogP contribution in [-0.2, 0) is 4.43 Å². The quantitative estimate of drug-likeness (QED) is 0.768. The van der Waals surface area contributed by atoms with Gasteiger partial charge in [0.2, 0.25) is 8.32 Å². The van der Waals surface area contributed by atoms with E-state index in [1.165, 1.54) is 0 Å². The number of hydrogen-bond acceptors (Lipinski definition) is 3. The van der Waals surface area contributed by atoms with E-state index < -0.39 is 8.32 Å². The van der Waals surface area contributed by atoms with Crippen LogP contribution in [0.25, 0.3) is 0 Å². The van der Waals surface area contributed by atoms with Gasteiger partial charge in [0.25, 0.3) is 6.02 Å². The van der Waals surface area contributed by atoms with Gasteiger partial charge in [-0.3, -0.25) is 5.32 Å². The Labute approximate surface area is 98.0 Å². The Bertz CT molecular complexity index is 286. The molecule has 1 aliphatic rings. The van der Waals surface area contributed by atoms with Crippen molar-refractivity contribution in [3.8, 4) is 0 Å². The fourth-order valence-corrected chi connectivity index (χ4v) is 1.99. The van der Waals surface area contributed by atoms with Gasteiger partial charge in [0.1, 0.15) is 6.67 Å². The van der Waals surface area contributed by atoms with E-state index in [2.05, 4.69) is 36.9 Å². The van der Waals surface area contributed by atoms with Gasteiger partial charge in [-0.05, 0) is 26.1 Å². The summed E-state index contributed by atoms with van der Waals surface area (Å²) in [6.45, 7) is 9.45. The summed E-state index contributed by atoms with van der Waals surface area (Å²) in [6, 6.07) is 0.286. The highest BCUT2D eigenvalue weighted by molar-refractivity contribution is 6.71. The van der Waals surface area contributed by atoms with Crippen molar-refractivity contribution < 1.29 is 9.22 Å². The lowest BCUT2D eigenvalue weighted by molar-refractivity contribution is 0.197. The van der Waals surface area contributed by atoms with Crippen LogP contribution >= 0.6 is 0 Å². The van der Waals surface area contributed by atoms with E-state index in [1.54, 1.807) is 4.90 Å². The topological polar surface area (TPSA) is 53.9 Å². The molecule has 0 atom stereocenters. The van der Waals surface area contributed by atoms with Gasteiger partial charge < -0.3 is 9.33 Å². The molecule has 0 bridgehead atoms. The van der Waals surface area contributed by atoms with Crippen LogP contribution in [-0.4, -0.2) is 38.5 Å². The maximum atomic E-state index is 11.7. The highest BCUT2D eigenvalue weighted by Gasteiger charge is 2.25. The molecule has 0 radical (unpaired) electrons. The minimum absolute atomic E-state index is 0.100. The molecule has 0 spiro atoms. The van der Waals surface area contributed by atoms with Crippen molar-refractivity contribution in [1.82, 2.24) is 10.2 Å². The summed E-state index contributed by atoms with van der Waals surface area (Å²) in [7, 11) is -1.69. The van der Waals surface area contributed by atoms with E-state index >= 15 is 0 Å². The predicted molar refractivity (Wildman–Crippen MR) is 66.9 cm³/mol. The zero-order valence-electron chi connectivity index (χ0n) is 10.5. The average Bonchev–Trinajstić information content (AvgIpc) is 2.14. The number of hydrogen-bond donors (Lipinski definition) is 1. The number of nitrogens with one attached hydrogen (secondary N) is 1. The van der Waals surface area contributed by atoms with Gasteiger partial charge >= 0.3 is 6.03 Å². The third-order valence-corrected chi connectivity index (χ3v) is 2.88. The number of carbonyl (C=O) groups excluding carboxylic acids is 1. The molecular formula is C10H21N3O2Si. The van der Waals surface area contributed by atoms with Crippen LogP contribution in [0.5, 0.6) is 0 Å². The number of rotatable bonds is 4. The molecule has 0 saturated carbocycles. The number of aliphatic imine (C=N–C) groups is 1. The molecule has 0 unspecified atom stereocenters. The molecule has 0 aliphatic carbocycles. The molecule has 92 valence electrons. The van der Waals surface area contributed by atoms with Crippen LogP contribution in [0.1, 0.15) is 19.8 Å². The van der Waals surface area contributed by atoms with Crippen LogP contribution in [0.2, 0.25) is 19.6 Å². The normalized spacial score (nSPS) is 16.9. The Morgan fingerprint density at radius 3 is 2.69 bits per heavy atom. The maximum Gasteiger partial charge on any atom is 0.326 e. The molecule has 16 heavy (non-hydrogen) atoms. The predicted octanol–water partition coefficient (Wildman–Crippen LogP) is 1.98. The van der Waals surface area contributed by atoms with Gasteiger partial charge in [0.05, 0.1) is 0 Å². The Hall–Kier alpha value is -1.04. The molecule has 5 nitrogen and oxygen atoms in total. The third kappa shape index (κ3) is 4.22. The molecule has 0 aromatic heterocycles. The summed E-state index contributed by atoms with van der Waals surface area (Å²) in [5.41, 5.74) is 0. The van der Waals surface area contributed by atoms with Crippen molar-refractivity contribution >= 4 is 20.4 Å². The lowest BCUT2D eigenvalue weighted by Gasteiger charge is -2.28. The van der Waals surface area contributed by atoms with Gasteiger partial charge in [0, 0.05) is 6.54 Å². The smallest absolute Gasteiger partial charge is 0.326 e. The molecule has 0 fully saturated rings. The summed E-state index contributed by atoms with van der Waals surface area (Å²) in [5.74, 6) is 0. The van der Waals surface area contributed by atoms with Gasteiger partial charge in [-0.1, -0.05) is 13.3 Å². The summed E-state index contributed by atoms with van der Waals surface area (Å²) < 4.78 is 5.63. The van der Waals surface area contributed by atoms with Gasteiger partial charge in [0.15, 0.2) is 0 Å². The van der Waals surface area contributed by atoms with Crippen LogP contribution in [0.3, 0.4) is 0 Å². The number of nitrogens with zero attached hydrogens (tertiary/aromatic N) is 2. The number of amides is 2. The first kappa shape index (κ1) is 13.0. The second-order valence-electron chi connectivity index (χ2n) is 4.87. The summed E-state index contributed by atoms with van der Waals surface area (Å²) in [6.07, 6.45) is 2.08. The standard InChI is InChI=1S/C10H21N3O2Si/c1-5-6-7-13-8-11-9(12-10(13)14)15-16(2,3)4/h5-8H2,1-4H3,(H,11,12,14).